The number of hydrogen-bond acceptors (Lipinski definition) is 0. The molecular formula is C9H11Y-. The van der Waals surface area contributed by atoms with Crippen LogP contribution in [0.25, 0.3) is 0 Å². The molecule has 0 heterocycles. The summed E-state index contributed by atoms with van der Waals surface area (Å²) in [7, 11) is 0. The van der Waals surface area contributed by atoms with Crippen molar-refractivity contribution in [2.75, 3.05) is 0 Å². The van der Waals surface area contributed by atoms with E-state index in [9.17, 15) is 0 Å². The van der Waals surface area contributed by atoms with Crippen molar-refractivity contribution >= 4 is 0 Å². The molecule has 1 rings (SSSR count). The van der Waals surface area contributed by atoms with Gasteiger partial charge in [-0.05, 0) is 0 Å². The van der Waals surface area contributed by atoms with Crippen molar-refractivity contribution in [3.8, 4) is 0 Å². The minimum absolute atomic E-state index is 0. The van der Waals surface area contributed by atoms with Gasteiger partial charge in [-0.15, -0.1) is 0 Å². The van der Waals surface area contributed by atoms with E-state index >= 15 is 0 Å². The number of rotatable bonds is 1. The van der Waals surface area contributed by atoms with Crippen LogP contribution >= 0.6 is 0 Å². The average Bonchev–Trinajstić information content (AvgIpc) is 1.90. The van der Waals surface area contributed by atoms with Crippen LogP contribution < -0.4 is 0 Å². The Bertz CT molecular complexity index is 176. The molecule has 0 unspecified atom stereocenters. The molecule has 0 N–H and O–H groups in total. The molecule has 0 bridgehead atoms. The SMILES string of the molecule is CCc1c[c-]c(C)cc1.[Y]. The molecular weight excluding hydrogens is 197 g/mol. The first kappa shape index (κ1) is 10.3. The summed E-state index contributed by atoms with van der Waals surface area (Å²) in [4.78, 5) is 0. The third-order valence-electron chi connectivity index (χ3n) is 1.44. The van der Waals surface area contributed by atoms with Crippen molar-refractivity contribution in [2.24, 2.45) is 0 Å². The Labute approximate surface area is 87.9 Å². The Morgan fingerprint density at radius 1 is 1.40 bits per heavy atom. The fourth-order valence-corrected chi connectivity index (χ4v) is 0.755. The Hall–Kier alpha value is 0.324. The zero-order valence-corrected chi connectivity index (χ0v) is 9.35. The van der Waals surface area contributed by atoms with Crippen LogP contribution in [0.2, 0.25) is 0 Å². The summed E-state index contributed by atoms with van der Waals surface area (Å²) in [6.07, 6.45) is 1.11. The first-order chi connectivity index (χ1) is 4.33. The van der Waals surface area contributed by atoms with Gasteiger partial charge in [-0.1, -0.05) is 20.3 Å². The van der Waals surface area contributed by atoms with Crippen LogP contribution in [0.1, 0.15) is 18.1 Å². The van der Waals surface area contributed by atoms with E-state index in [0.717, 1.165) is 6.42 Å². The van der Waals surface area contributed by atoms with Crippen molar-refractivity contribution in [2.45, 2.75) is 20.3 Å². The van der Waals surface area contributed by atoms with Crippen LogP contribution in [0.3, 0.4) is 0 Å². The standard InChI is InChI=1S/C9H11.Y/c1-3-9-6-4-8(2)5-7-9;/h4,6-7H,3H2,1-2H3;/q-1;. The smallest absolute Gasteiger partial charge is 0 e. The van der Waals surface area contributed by atoms with Crippen molar-refractivity contribution in [1.82, 2.24) is 0 Å². The normalized spacial score (nSPS) is 8.60. The summed E-state index contributed by atoms with van der Waals surface area (Å²) in [5, 5.41) is 0. The number of aryl methyl sites for hydroxylation is 2. The van der Waals surface area contributed by atoms with Gasteiger partial charge in [0.25, 0.3) is 0 Å². The molecule has 51 valence electrons. The maximum Gasteiger partial charge on any atom is 0 e. The molecule has 1 radical (unpaired) electrons. The Balaban J connectivity index is 0.000000810. The van der Waals surface area contributed by atoms with E-state index in [1.54, 1.807) is 0 Å². The first-order valence-corrected chi connectivity index (χ1v) is 3.30. The van der Waals surface area contributed by atoms with Gasteiger partial charge in [0.15, 0.2) is 0 Å². The van der Waals surface area contributed by atoms with Crippen LogP contribution in [0, 0.1) is 13.0 Å². The predicted molar refractivity (Wildman–Crippen MR) is 39.4 cm³/mol. The van der Waals surface area contributed by atoms with E-state index in [-0.39, 0.29) is 32.7 Å². The summed E-state index contributed by atoms with van der Waals surface area (Å²) in [6.45, 7) is 4.21. The van der Waals surface area contributed by atoms with Gasteiger partial charge >= 0.3 is 0 Å². The topological polar surface area (TPSA) is 0 Å². The van der Waals surface area contributed by atoms with Crippen LogP contribution in [-0.2, 0) is 39.1 Å². The molecule has 0 aromatic heterocycles. The zero-order valence-electron chi connectivity index (χ0n) is 6.52. The van der Waals surface area contributed by atoms with E-state index in [4.69, 9.17) is 0 Å². The third kappa shape index (κ3) is 2.94. The molecule has 0 fully saturated rings. The predicted octanol–water partition coefficient (Wildman–Crippen LogP) is 2.36. The molecule has 0 atom stereocenters. The van der Waals surface area contributed by atoms with Crippen molar-refractivity contribution in [3.05, 3.63) is 35.4 Å². The molecule has 1 heteroatoms. The van der Waals surface area contributed by atoms with E-state index in [2.05, 4.69) is 38.1 Å². The van der Waals surface area contributed by atoms with E-state index in [0.29, 0.717) is 0 Å². The van der Waals surface area contributed by atoms with Crippen molar-refractivity contribution in [3.63, 3.8) is 0 Å². The van der Waals surface area contributed by atoms with Crippen LogP contribution in [0.4, 0.5) is 0 Å². The monoisotopic (exact) mass is 208 g/mol. The minimum atomic E-state index is 0. The molecule has 0 nitrogen and oxygen atoms in total. The molecule has 0 amide bonds. The van der Waals surface area contributed by atoms with Gasteiger partial charge in [0.1, 0.15) is 0 Å². The second kappa shape index (κ2) is 5.04. The maximum absolute atomic E-state index is 3.15. The molecule has 1 aromatic carbocycles. The van der Waals surface area contributed by atoms with Crippen LogP contribution in [-0.4, -0.2) is 0 Å². The molecule has 0 saturated heterocycles. The second-order valence-electron chi connectivity index (χ2n) is 2.23. The quantitative estimate of drug-likeness (QED) is 0.621. The summed E-state index contributed by atoms with van der Waals surface area (Å²) in [5.74, 6) is 0. The zero-order chi connectivity index (χ0) is 6.69. The van der Waals surface area contributed by atoms with E-state index in [1.165, 1.54) is 11.1 Å². The van der Waals surface area contributed by atoms with Crippen LogP contribution in [0.5, 0.6) is 0 Å². The molecule has 0 saturated carbocycles. The molecule has 1 aromatic rings. The second-order valence-corrected chi connectivity index (χ2v) is 2.23. The number of hydrogen-bond donors (Lipinski definition) is 0. The summed E-state index contributed by atoms with van der Waals surface area (Å²) < 4.78 is 0. The van der Waals surface area contributed by atoms with Gasteiger partial charge in [-0.25, -0.2) is 0 Å². The molecule has 0 aliphatic carbocycles. The van der Waals surface area contributed by atoms with Gasteiger partial charge in [0, 0.05) is 32.7 Å². The summed E-state index contributed by atoms with van der Waals surface area (Å²) in [6, 6.07) is 9.44. The number of benzene rings is 1. The van der Waals surface area contributed by atoms with E-state index < -0.39 is 0 Å². The Kier molecular flexibility index (Phi) is 5.20. The molecule has 0 spiro atoms. The Morgan fingerprint density at radius 3 is 2.50 bits per heavy atom. The summed E-state index contributed by atoms with van der Waals surface area (Å²) in [5.41, 5.74) is 2.58. The van der Waals surface area contributed by atoms with Gasteiger partial charge in [0.2, 0.25) is 0 Å². The van der Waals surface area contributed by atoms with Gasteiger partial charge in [-0.2, -0.15) is 35.4 Å². The molecule has 10 heavy (non-hydrogen) atoms. The third-order valence-corrected chi connectivity index (χ3v) is 1.44. The van der Waals surface area contributed by atoms with Gasteiger partial charge in [0.05, 0.1) is 0 Å². The average molecular weight is 208 g/mol. The maximum atomic E-state index is 3.15. The summed E-state index contributed by atoms with van der Waals surface area (Å²) >= 11 is 0. The van der Waals surface area contributed by atoms with Crippen molar-refractivity contribution in [1.29, 1.82) is 0 Å². The molecule has 0 aliphatic heterocycles. The Morgan fingerprint density at radius 2 is 2.10 bits per heavy atom. The molecule has 0 aliphatic rings. The van der Waals surface area contributed by atoms with E-state index in [1.807, 2.05) is 0 Å². The first-order valence-electron chi connectivity index (χ1n) is 3.30. The fourth-order valence-electron chi connectivity index (χ4n) is 0.755. The van der Waals surface area contributed by atoms with Gasteiger partial charge < -0.3 is 0 Å². The van der Waals surface area contributed by atoms with Crippen molar-refractivity contribution < 1.29 is 32.7 Å². The van der Waals surface area contributed by atoms with Crippen LogP contribution in [0.15, 0.2) is 18.2 Å². The van der Waals surface area contributed by atoms with Gasteiger partial charge in [-0.3, -0.25) is 0 Å². The fraction of sp³-hybridized carbons (Fsp3) is 0.333. The minimum Gasteiger partial charge on any atom is -0.180 e. The largest absolute Gasteiger partial charge is 0.180 e.